The molecule has 0 aromatic heterocycles. The van der Waals surface area contributed by atoms with E-state index in [1.165, 1.54) is 21.3 Å². The zero-order chi connectivity index (χ0) is 19.4. The topological polar surface area (TPSA) is 93.2 Å². The number of nitrogens with zero attached hydrogens (tertiary/aromatic N) is 2. The fourth-order valence-electron chi connectivity index (χ4n) is 3.01. The molecule has 0 spiro atoms. The van der Waals surface area contributed by atoms with Gasteiger partial charge in [-0.15, -0.1) is 0 Å². The van der Waals surface area contributed by atoms with Gasteiger partial charge in [0.05, 0.1) is 4.90 Å². The number of halogens is 1. The highest BCUT2D eigenvalue weighted by molar-refractivity contribution is 7.89. The summed E-state index contributed by atoms with van der Waals surface area (Å²) in [6.45, 7) is 0.741. The largest absolute Gasteiger partial charge is 0.454 e. The van der Waals surface area contributed by atoms with Gasteiger partial charge in [-0.3, -0.25) is 4.79 Å². The molecule has 0 unspecified atom stereocenters. The molecule has 0 bridgehead atoms. The van der Waals surface area contributed by atoms with Crippen LogP contribution in [0.1, 0.15) is 12.8 Å². The molecule has 1 amide bonds. The molecule has 0 aliphatic carbocycles. The van der Waals surface area contributed by atoms with Crippen LogP contribution in [0.2, 0.25) is 0 Å². The van der Waals surface area contributed by atoms with Crippen molar-refractivity contribution in [3.05, 3.63) is 30.1 Å². The molecule has 0 saturated carbocycles. The van der Waals surface area contributed by atoms with E-state index in [-0.39, 0.29) is 43.6 Å². The van der Waals surface area contributed by atoms with Gasteiger partial charge in [0.25, 0.3) is 5.91 Å². The van der Waals surface area contributed by atoms with E-state index in [0.717, 1.165) is 18.6 Å². The zero-order valence-corrected chi connectivity index (χ0v) is 15.5. The van der Waals surface area contributed by atoms with Crippen LogP contribution in [0, 0.1) is 5.82 Å². The molecule has 1 aromatic rings. The minimum Gasteiger partial charge on any atom is -0.454 e. The van der Waals surface area contributed by atoms with Crippen LogP contribution in [-0.2, 0) is 29.1 Å². The maximum atomic E-state index is 13.0. The van der Waals surface area contributed by atoms with Crippen molar-refractivity contribution in [2.45, 2.75) is 23.8 Å². The lowest BCUT2D eigenvalue weighted by Gasteiger charge is -2.33. The molecular formula is C17H21FN2O6S. The maximum Gasteiger partial charge on any atom is 0.335 e. The van der Waals surface area contributed by atoms with Crippen molar-refractivity contribution < 1.29 is 31.9 Å². The monoisotopic (exact) mass is 400 g/mol. The highest BCUT2D eigenvalue weighted by atomic mass is 32.2. The highest BCUT2D eigenvalue weighted by Crippen LogP contribution is 2.18. The summed E-state index contributed by atoms with van der Waals surface area (Å²) in [6.07, 6.45) is 0.779. The Kier molecular flexibility index (Phi) is 6.08. The van der Waals surface area contributed by atoms with Gasteiger partial charge in [0, 0.05) is 32.8 Å². The van der Waals surface area contributed by atoms with Crippen molar-refractivity contribution in [2.75, 3.05) is 39.4 Å². The summed E-state index contributed by atoms with van der Waals surface area (Å²) >= 11 is 0. The summed E-state index contributed by atoms with van der Waals surface area (Å²) in [4.78, 5) is 25.4. The lowest BCUT2D eigenvalue weighted by molar-refractivity contribution is -0.160. The number of rotatable bonds is 5. The number of esters is 1. The molecule has 10 heteroatoms. The third-order valence-electron chi connectivity index (χ3n) is 4.57. The quantitative estimate of drug-likeness (QED) is 0.664. The standard InChI is InChI=1S/C17H21FN2O6S/c18-13-3-5-14(6-4-13)27(23,24)20-9-7-19(8-10-20)16(21)12-26-17(22)15-2-1-11-25-15/h3-6,15H,1-2,7-12H2/t15-/m0/s1. The number of sulfonamides is 1. The Bertz CT molecular complexity index is 784. The van der Waals surface area contributed by atoms with Crippen LogP contribution in [0.5, 0.6) is 0 Å². The molecule has 2 aliphatic rings. The van der Waals surface area contributed by atoms with E-state index in [9.17, 15) is 22.4 Å². The van der Waals surface area contributed by atoms with Crippen molar-refractivity contribution in [1.29, 1.82) is 0 Å². The van der Waals surface area contributed by atoms with Crippen molar-refractivity contribution >= 4 is 21.9 Å². The molecule has 0 radical (unpaired) electrons. The molecule has 2 aliphatic heterocycles. The van der Waals surface area contributed by atoms with Crippen LogP contribution in [0.3, 0.4) is 0 Å². The van der Waals surface area contributed by atoms with Crippen molar-refractivity contribution in [2.24, 2.45) is 0 Å². The van der Waals surface area contributed by atoms with Crippen molar-refractivity contribution in [3.8, 4) is 0 Å². The minimum atomic E-state index is -3.74. The fourth-order valence-corrected chi connectivity index (χ4v) is 4.44. The van der Waals surface area contributed by atoms with E-state index in [4.69, 9.17) is 9.47 Å². The maximum absolute atomic E-state index is 13.0. The molecule has 3 rings (SSSR count). The molecule has 27 heavy (non-hydrogen) atoms. The SMILES string of the molecule is O=C(OCC(=O)N1CCN(S(=O)(=O)c2ccc(F)cc2)CC1)[C@@H]1CCCO1. The second kappa shape index (κ2) is 8.32. The van der Waals surface area contributed by atoms with E-state index in [1.807, 2.05) is 0 Å². The van der Waals surface area contributed by atoms with E-state index in [0.29, 0.717) is 13.0 Å². The third kappa shape index (κ3) is 4.63. The van der Waals surface area contributed by atoms with Crippen LogP contribution >= 0.6 is 0 Å². The average Bonchev–Trinajstić information content (AvgIpc) is 3.21. The molecular weight excluding hydrogens is 379 g/mol. The molecule has 0 N–H and O–H groups in total. The van der Waals surface area contributed by atoms with Gasteiger partial charge < -0.3 is 14.4 Å². The van der Waals surface area contributed by atoms with E-state index in [1.54, 1.807) is 0 Å². The summed E-state index contributed by atoms with van der Waals surface area (Å²) in [5, 5.41) is 0. The van der Waals surface area contributed by atoms with Gasteiger partial charge in [0.15, 0.2) is 12.7 Å². The van der Waals surface area contributed by atoms with Gasteiger partial charge >= 0.3 is 5.97 Å². The Morgan fingerprint density at radius 2 is 1.81 bits per heavy atom. The summed E-state index contributed by atoms with van der Waals surface area (Å²) in [5.74, 6) is -1.43. The van der Waals surface area contributed by atoms with Crippen LogP contribution in [0.15, 0.2) is 29.2 Å². The number of piperazine rings is 1. The average molecular weight is 400 g/mol. The Morgan fingerprint density at radius 3 is 2.41 bits per heavy atom. The molecule has 2 fully saturated rings. The Hall–Kier alpha value is -2.04. The molecule has 1 atom stereocenters. The minimum absolute atomic E-state index is 0.00849. The number of amides is 1. The zero-order valence-electron chi connectivity index (χ0n) is 14.7. The van der Waals surface area contributed by atoms with Crippen LogP contribution in [-0.4, -0.2) is 75.0 Å². The summed E-state index contributed by atoms with van der Waals surface area (Å²) < 4.78 is 49.5. The molecule has 8 nitrogen and oxygen atoms in total. The summed E-state index contributed by atoms with van der Waals surface area (Å²) in [5.41, 5.74) is 0. The van der Waals surface area contributed by atoms with Crippen LogP contribution in [0.4, 0.5) is 4.39 Å². The van der Waals surface area contributed by atoms with Gasteiger partial charge in [-0.1, -0.05) is 0 Å². The van der Waals surface area contributed by atoms with Gasteiger partial charge in [-0.05, 0) is 37.1 Å². The highest BCUT2D eigenvalue weighted by Gasteiger charge is 2.31. The van der Waals surface area contributed by atoms with Gasteiger partial charge in [0.1, 0.15) is 5.82 Å². The number of hydrogen-bond acceptors (Lipinski definition) is 6. The first kappa shape index (κ1) is 19.7. The number of carbonyl (C=O) groups excluding carboxylic acids is 2. The Labute approximate surface area is 156 Å². The second-order valence-corrected chi connectivity index (χ2v) is 8.29. The normalized spacial score (nSPS) is 21.2. The molecule has 2 heterocycles. The van der Waals surface area contributed by atoms with Crippen LogP contribution in [0.25, 0.3) is 0 Å². The molecule has 1 aromatic carbocycles. The predicted molar refractivity (Wildman–Crippen MR) is 91.7 cm³/mol. The number of benzene rings is 1. The van der Waals surface area contributed by atoms with E-state index in [2.05, 4.69) is 0 Å². The summed E-state index contributed by atoms with van der Waals surface area (Å²) in [7, 11) is -3.74. The van der Waals surface area contributed by atoms with Gasteiger partial charge in [-0.25, -0.2) is 17.6 Å². The lowest BCUT2D eigenvalue weighted by atomic mass is 10.2. The first-order valence-corrected chi connectivity index (χ1v) is 10.1. The first-order chi connectivity index (χ1) is 12.9. The van der Waals surface area contributed by atoms with Gasteiger partial charge in [-0.2, -0.15) is 4.31 Å². The molecule has 148 valence electrons. The molecule has 2 saturated heterocycles. The smallest absolute Gasteiger partial charge is 0.335 e. The van der Waals surface area contributed by atoms with E-state index >= 15 is 0 Å². The predicted octanol–water partition coefficient (Wildman–Crippen LogP) is 0.381. The fraction of sp³-hybridized carbons (Fsp3) is 0.529. The summed E-state index contributed by atoms with van der Waals surface area (Å²) in [6, 6.07) is 4.61. The van der Waals surface area contributed by atoms with Crippen LogP contribution < -0.4 is 0 Å². The second-order valence-electron chi connectivity index (χ2n) is 6.35. The number of carbonyl (C=O) groups is 2. The lowest BCUT2D eigenvalue weighted by Crippen LogP contribution is -2.51. The number of ether oxygens (including phenoxy) is 2. The van der Waals surface area contributed by atoms with E-state index < -0.39 is 27.9 Å². The Morgan fingerprint density at radius 1 is 1.15 bits per heavy atom. The first-order valence-electron chi connectivity index (χ1n) is 8.69. The van der Waals surface area contributed by atoms with Gasteiger partial charge in [0.2, 0.25) is 10.0 Å². The van der Waals surface area contributed by atoms with Crippen molar-refractivity contribution in [1.82, 2.24) is 9.21 Å². The Balaban J connectivity index is 1.49. The van der Waals surface area contributed by atoms with Crippen molar-refractivity contribution in [3.63, 3.8) is 0 Å². The number of hydrogen-bond donors (Lipinski definition) is 0. The third-order valence-corrected chi connectivity index (χ3v) is 6.49.